The minimum absolute atomic E-state index is 0. The summed E-state index contributed by atoms with van der Waals surface area (Å²) < 4.78 is 11.0. The first-order valence-corrected chi connectivity index (χ1v) is 9.41. The summed E-state index contributed by atoms with van der Waals surface area (Å²) in [6.45, 7) is 6.68. The predicted molar refractivity (Wildman–Crippen MR) is 124 cm³/mol. The molecule has 0 radical (unpaired) electrons. The number of aromatic nitrogens is 3. The fourth-order valence-electron chi connectivity index (χ4n) is 2.51. The molecule has 156 valence electrons. The Balaban J connectivity index is 0.00000300. The SMILES string of the molecule is CCNC(=NCCc1nc(-c2ccco2)n[nH]1)NCCOc1ccc(C)cc1.I. The molecule has 2 aromatic heterocycles. The molecule has 0 unspecified atom stereocenters. The zero-order valence-electron chi connectivity index (χ0n) is 16.6. The molecule has 0 spiro atoms. The molecule has 0 fully saturated rings. The molecule has 0 aliphatic heterocycles. The van der Waals surface area contributed by atoms with Gasteiger partial charge >= 0.3 is 0 Å². The quantitative estimate of drug-likeness (QED) is 0.177. The maximum Gasteiger partial charge on any atom is 0.216 e. The highest BCUT2D eigenvalue weighted by atomic mass is 127. The average Bonchev–Trinajstić information content (AvgIpc) is 3.38. The first kappa shape index (κ1) is 22.7. The van der Waals surface area contributed by atoms with E-state index in [4.69, 9.17) is 9.15 Å². The molecule has 29 heavy (non-hydrogen) atoms. The van der Waals surface area contributed by atoms with E-state index >= 15 is 0 Å². The Hall–Kier alpha value is -2.56. The maximum atomic E-state index is 5.72. The number of benzene rings is 1. The number of nitrogens with one attached hydrogen (secondary N) is 3. The number of aromatic amines is 1. The van der Waals surface area contributed by atoms with Gasteiger partial charge in [0, 0.05) is 19.5 Å². The van der Waals surface area contributed by atoms with Crippen molar-refractivity contribution < 1.29 is 9.15 Å². The van der Waals surface area contributed by atoms with Crippen LogP contribution in [-0.2, 0) is 6.42 Å². The molecule has 0 aliphatic rings. The summed E-state index contributed by atoms with van der Waals surface area (Å²) in [6.07, 6.45) is 2.26. The summed E-state index contributed by atoms with van der Waals surface area (Å²) in [5.41, 5.74) is 1.22. The molecule has 3 rings (SSSR count). The average molecular weight is 510 g/mol. The fraction of sp³-hybridized carbons (Fsp3) is 0.350. The highest BCUT2D eigenvalue weighted by Crippen LogP contribution is 2.14. The van der Waals surface area contributed by atoms with E-state index in [1.54, 1.807) is 6.26 Å². The van der Waals surface area contributed by atoms with E-state index < -0.39 is 0 Å². The van der Waals surface area contributed by atoms with Gasteiger partial charge in [-0.3, -0.25) is 10.1 Å². The molecule has 2 heterocycles. The summed E-state index contributed by atoms with van der Waals surface area (Å²) >= 11 is 0. The van der Waals surface area contributed by atoms with Crippen LogP contribution in [-0.4, -0.2) is 47.4 Å². The number of nitrogens with zero attached hydrogens (tertiary/aromatic N) is 3. The van der Waals surface area contributed by atoms with Crippen LogP contribution >= 0.6 is 24.0 Å². The van der Waals surface area contributed by atoms with E-state index in [9.17, 15) is 0 Å². The molecule has 3 N–H and O–H groups in total. The van der Waals surface area contributed by atoms with Crippen LogP contribution in [0.3, 0.4) is 0 Å². The third-order valence-electron chi connectivity index (χ3n) is 3.92. The summed E-state index contributed by atoms with van der Waals surface area (Å²) in [4.78, 5) is 8.98. The smallest absolute Gasteiger partial charge is 0.216 e. The Morgan fingerprint density at radius 2 is 2.03 bits per heavy atom. The van der Waals surface area contributed by atoms with E-state index in [1.807, 2.05) is 43.3 Å². The number of furan rings is 1. The van der Waals surface area contributed by atoms with Gasteiger partial charge in [0.1, 0.15) is 18.2 Å². The molecular weight excluding hydrogens is 483 g/mol. The third-order valence-corrected chi connectivity index (χ3v) is 3.92. The van der Waals surface area contributed by atoms with Gasteiger partial charge in [0.05, 0.1) is 12.8 Å². The van der Waals surface area contributed by atoms with Crippen molar-refractivity contribution in [2.45, 2.75) is 20.3 Å². The van der Waals surface area contributed by atoms with Crippen LogP contribution in [0.5, 0.6) is 5.75 Å². The van der Waals surface area contributed by atoms with Gasteiger partial charge in [0.25, 0.3) is 0 Å². The Labute approximate surface area is 187 Å². The molecule has 0 amide bonds. The molecule has 9 heteroatoms. The number of aliphatic imine (C=N–C) groups is 1. The van der Waals surface area contributed by atoms with Gasteiger partial charge in [-0.15, -0.1) is 24.0 Å². The number of H-pyrrole nitrogens is 1. The van der Waals surface area contributed by atoms with Crippen LogP contribution < -0.4 is 15.4 Å². The highest BCUT2D eigenvalue weighted by molar-refractivity contribution is 14.0. The lowest BCUT2D eigenvalue weighted by molar-refractivity contribution is 0.322. The van der Waals surface area contributed by atoms with E-state index in [0.717, 1.165) is 24.1 Å². The van der Waals surface area contributed by atoms with Crippen molar-refractivity contribution in [1.82, 2.24) is 25.8 Å². The minimum atomic E-state index is 0. The van der Waals surface area contributed by atoms with Crippen LogP contribution in [0.1, 0.15) is 18.3 Å². The lowest BCUT2D eigenvalue weighted by Crippen LogP contribution is -2.39. The van der Waals surface area contributed by atoms with Crippen molar-refractivity contribution >= 4 is 29.9 Å². The molecule has 8 nitrogen and oxygen atoms in total. The summed E-state index contributed by atoms with van der Waals surface area (Å²) in [5.74, 6) is 3.60. The van der Waals surface area contributed by atoms with Crippen LogP contribution in [0, 0.1) is 6.92 Å². The van der Waals surface area contributed by atoms with Crippen LogP contribution in [0.2, 0.25) is 0 Å². The van der Waals surface area contributed by atoms with Crippen molar-refractivity contribution in [3.05, 3.63) is 54.0 Å². The fourth-order valence-corrected chi connectivity index (χ4v) is 2.51. The van der Waals surface area contributed by atoms with Gasteiger partial charge in [-0.1, -0.05) is 17.7 Å². The number of halogens is 1. The highest BCUT2D eigenvalue weighted by Gasteiger charge is 2.07. The monoisotopic (exact) mass is 510 g/mol. The first-order chi connectivity index (χ1) is 13.7. The van der Waals surface area contributed by atoms with Crippen molar-refractivity contribution in [1.29, 1.82) is 0 Å². The summed E-state index contributed by atoms with van der Waals surface area (Å²) in [5, 5.41) is 13.6. The number of ether oxygens (including phenoxy) is 1. The second kappa shape index (κ2) is 12.1. The minimum Gasteiger partial charge on any atom is -0.492 e. The molecular formula is C20H27IN6O2. The molecule has 0 bridgehead atoms. The lowest BCUT2D eigenvalue weighted by Gasteiger charge is -2.12. The second-order valence-corrected chi connectivity index (χ2v) is 6.18. The van der Waals surface area contributed by atoms with E-state index in [2.05, 4.69) is 37.7 Å². The van der Waals surface area contributed by atoms with Crippen LogP contribution in [0.4, 0.5) is 0 Å². The van der Waals surface area contributed by atoms with E-state index in [-0.39, 0.29) is 24.0 Å². The predicted octanol–water partition coefficient (Wildman–Crippen LogP) is 3.17. The van der Waals surface area contributed by atoms with Crippen molar-refractivity contribution in [3.8, 4) is 17.3 Å². The van der Waals surface area contributed by atoms with Crippen LogP contribution in [0.25, 0.3) is 11.6 Å². The second-order valence-electron chi connectivity index (χ2n) is 6.18. The van der Waals surface area contributed by atoms with Crippen molar-refractivity contribution in [3.63, 3.8) is 0 Å². The van der Waals surface area contributed by atoms with Gasteiger partial charge < -0.3 is 19.8 Å². The zero-order chi connectivity index (χ0) is 19.6. The standard InChI is InChI=1S/C20H26N6O2.HI/c1-3-21-20(23-12-14-27-16-8-6-15(2)7-9-16)22-11-10-18-24-19(26-25-18)17-5-4-13-28-17;/h4-9,13H,3,10-12,14H2,1-2H3,(H2,21,22,23)(H,24,25,26);1H. The number of hydrogen-bond acceptors (Lipinski definition) is 5. The maximum absolute atomic E-state index is 5.72. The van der Waals surface area contributed by atoms with Crippen molar-refractivity contribution in [2.75, 3.05) is 26.2 Å². The molecule has 0 saturated heterocycles. The summed E-state index contributed by atoms with van der Waals surface area (Å²) in [6, 6.07) is 11.7. The number of rotatable bonds is 9. The van der Waals surface area contributed by atoms with E-state index in [1.165, 1.54) is 5.56 Å². The molecule has 1 aromatic carbocycles. The first-order valence-electron chi connectivity index (χ1n) is 9.41. The van der Waals surface area contributed by atoms with Gasteiger partial charge in [-0.25, -0.2) is 4.98 Å². The molecule has 0 atom stereocenters. The van der Waals surface area contributed by atoms with Crippen molar-refractivity contribution in [2.24, 2.45) is 4.99 Å². The topological polar surface area (TPSA) is 100 Å². The Kier molecular flexibility index (Phi) is 9.48. The number of guanidine groups is 1. The number of hydrogen-bond donors (Lipinski definition) is 3. The molecule has 0 saturated carbocycles. The van der Waals surface area contributed by atoms with Gasteiger partial charge in [0.15, 0.2) is 11.7 Å². The molecule has 0 aliphatic carbocycles. The Bertz CT molecular complexity index is 861. The Morgan fingerprint density at radius 3 is 2.76 bits per heavy atom. The van der Waals surface area contributed by atoms with Gasteiger partial charge in [-0.05, 0) is 38.1 Å². The van der Waals surface area contributed by atoms with Gasteiger partial charge in [0.2, 0.25) is 5.82 Å². The third kappa shape index (κ3) is 7.41. The Morgan fingerprint density at radius 1 is 1.21 bits per heavy atom. The van der Waals surface area contributed by atoms with Gasteiger partial charge in [-0.2, -0.15) is 5.10 Å². The number of aryl methyl sites for hydroxylation is 1. The molecule has 3 aromatic rings. The normalized spacial score (nSPS) is 11.0. The lowest BCUT2D eigenvalue weighted by atomic mass is 10.2. The zero-order valence-corrected chi connectivity index (χ0v) is 19.0. The largest absolute Gasteiger partial charge is 0.492 e. The summed E-state index contributed by atoms with van der Waals surface area (Å²) in [7, 11) is 0. The van der Waals surface area contributed by atoms with Crippen LogP contribution in [0.15, 0.2) is 52.1 Å². The van der Waals surface area contributed by atoms with E-state index in [0.29, 0.717) is 37.7 Å².